The molecule has 3 aromatic carbocycles. The summed E-state index contributed by atoms with van der Waals surface area (Å²) < 4.78 is 0. The minimum absolute atomic E-state index is 0. The smallest absolute Gasteiger partial charge is 0.0706 e. The lowest BCUT2D eigenvalue weighted by Gasteiger charge is -2.30. The van der Waals surface area contributed by atoms with E-state index in [4.69, 9.17) is 0 Å². The van der Waals surface area contributed by atoms with Gasteiger partial charge in [0.1, 0.15) is 0 Å². The van der Waals surface area contributed by atoms with Crippen LogP contribution in [0.15, 0.2) is 91.6 Å². The first-order valence-corrected chi connectivity index (χ1v) is 19.3. The van der Waals surface area contributed by atoms with Crippen molar-refractivity contribution in [1.82, 2.24) is 15.0 Å². The van der Waals surface area contributed by atoms with Gasteiger partial charge in [-0.3, -0.25) is 15.0 Å². The molecule has 0 atom stereocenters. The third-order valence-electron chi connectivity index (χ3n) is 10.9. The van der Waals surface area contributed by atoms with Crippen LogP contribution in [-0.4, -0.2) is 54.2 Å². The van der Waals surface area contributed by atoms with Gasteiger partial charge in [0.05, 0.1) is 5.52 Å². The maximum atomic E-state index is 4.41. The Morgan fingerprint density at radius 1 is 0.423 bits per heavy atom. The second-order valence-corrected chi connectivity index (χ2v) is 14.7. The predicted molar refractivity (Wildman–Crippen MR) is 224 cm³/mol. The number of benzene rings is 3. The van der Waals surface area contributed by atoms with Gasteiger partial charge in [0.2, 0.25) is 0 Å². The molecule has 9 rings (SSSR count). The zero-order chi connectivity index (χ0) is 35.0. The Morgan fingerprint density at radius 3 is 1.35 bits per heavy atom. The zero-order valence-electron chi connectivity index (χ0n) is 31.0. The van der Waals surface area contributed by atoms with Crippen LogP contribution in [0, 0.1) is 20.8 Å². The van der Waals surface area contributed by atoms with E-state index in [0.717, 1.165) is 5.52 Å². The Kier molecular flexibility index (Phi) is 12.6. The van der Waals surface area contributed by atoms with Crippen molar-refractivity contribution < 1.29 is 0 Å². The van der Waals surface area contributed by atoms with E-state index < -0.39 is 0 Å². The molecule has 6 aromatic rings. The van der Waals surface area contributed by atoms with Crippen molar-refractivity contribution in [1.29, 1.82) is 0 Å². The predicted octanol–water partition coefficient (Wildman–Crippen LogP) is 11.2. The lowest BCUT2D eigenvalue weighted by molar-refractivity contribution is 0.577. The Morgan fingerprint density at radius 2 is 0.827 bits per heavy atom. The van der Waals surface area contributed by atoms with Crippen LogP contribution in [-0.2, 0) is 0 Å². The van der Waals surface area contributed by atoms with Crippen LogP contribution in [0.5, 0.6) is 0 Å². The number of anilines is 3. The molecule has 0 spiro atoms. The lowest BCUT2D eigenvalue weighted by Crippen LogP contribution is -2.29. The fourth-order valence-corrected chi connectivity index (χ4v) is 8.11. The molecule has 52 heavy (non-hydrogen) atoms. The van der Waals surface area contributed by atoms with Gasteiger partial charge in [0.25, 0.3) is 0 Å². The van der Waals surface area contributed by atoms with E-state index in [1.807, 2.05) is 37.1 Å². The van der Waals surface area contributed by atoms with E-state index in [0.29, 0.717) is 0 Å². The van der Waals surface area contributed by atoms with Crippen molar-refractivity contribution in [3.8, 4) is 0 Å². The molecule has 0 radical (unpaired) electrons. The Hall–Kier alpha value is -4.71. The molecule has 3 aromatic heterocycles. The minimum atomic E-state index is 0. The number of aromatic nitrogens is 3. The summed E-state index contributed by atoms with van der Waals surface area (Å²) in [7, 11) is 0. The number of nitrogens with zero attached hydrogens (tertiary/aromatic N) is 6. The highest BCUT2D eigenvalue weighted by Gasteiger charge is 2.16. The molecule has 272 valence electrons. The monoisotopic (exact) mass is 694 g/mol. The maximum absolute atomic E-state index is 4.41. The summed E-state index contributed by atoms with van der Waals surface area (Å²) in [5.74, 6) is 0. The Labute approximate surface area is 311 Å². The highest BCUT2D eigenvalue weighted by Crippen LogP contribution is 2.30. The molecule has 6 heterocycles. The number of hydrogen-bond donors (Lipinski definition) is 0. The summed E-state index contributed by atoms with van der Waals surface area (Å²) in [5.41, 5.74) is 9.39. The average molecular weight is 695 g/mol. The molecule has 0 aliphatic carbocycles. The number of piperidine rings is 3. The van der Waals surface area contributed by atoms with E-state index in [9.17, 15) is 0 Å². The summed E-state index contributed by atoms with van der Waals surface area (Å²) in [4.78, 5) is 20.4. The van der Waals surface area contributed by atoms with Crippen LogP contribution in [0.2, 0.25) is 0 Å². The Bertz CT molecular complexity index is 1820. The van der Waals surface area contributed by atoms with E-state index in [-0.39, 0.29) is 7.43 Å². The standard InChI is InChI=1S/3C15H18N2.CH4/c1-12-10-14-13(6-5-7-16-14)11-15(12)17-8-3-2-4-9-17;1-12-9-14-11-16-6-5-13(14)10-15(12)17-7-3-2-4-8-17;1-12-9-13-5-6-16-11-14(13)10-15(12)17-7-3-2-4-8-17;/h5-7,10-11H,2-4,8-9H2,1H3;2*5-6,9-11H,2-4,7-8H2,1H3;1H4. The van der Waals surface area contributed by atoms with Gasteiger partial charge in [0, 0.05) is 103 Å². The first-order valence-electron chi connectivity index (χ1n) is 19.3. The zero-order valence-corrected chi connectivity index (χ0v) is 31.0. The quantitative estimate of drug-likeness (QED) is 0.184. The molecule has 0 bridgehead atoms. The van der Waals surface area contributed by atoms with Gasteiger partial charge < -0.3 is 14.7 Å². The van der Waals surface area contributed by atoms with Gasteiger partial charge >= 0.3 is 0 Å². The summed E-state index contributed by atoms with van der Waals surface area (Å²) in [5, 5.41) is 6.33. The number of fused-ring (bicyclic) bond motifs is 3. The molecule has 0 saturated carbocycles. The second kappa shape index (κ2) is 17.7. The van der Waals surface area contributed by atoms with Gasteiger partial charge in [-0.15, -0.1) is 0 Å². The fraction of sp³-hybridized carbons (Fsp3) is 0.413. The van der Waals surface area contributed by atoms with Crippen LogP contribution in [0.1, 0.15) is 81.9 Å². The van der Waals surface area contributed by atoms with Gasteiger partial charge in [0.15, 0.2) is 0 Å². The summed E-state index contributed by atoms with van der Waals surface area (Å²) in [6.45, 7) is 13.8. The van der Waals surface area contributed by atoms with Crippen molar-refractivity contribution >= 4 is 49.5 Å². The third-order valence-corrected chi connectivity index (χ3v) is 10.9. The van der Waals surface area contributed by atoms with Crippen LogP contribution in [0.4, 0.5) is 17.1 Å². The lowest BCUT2D eigenvalue weighted by atomic mass is 10.0. The van der Waals surface area contributed by atoms with Crippen molar-refractivity contribution in [2.75, 3.05) is 54.0 Å². The largest absolute Gasteiger partial charge is 0.371 e. The van der Waals surface area contributed by atoms with Crippen LogP contribution in [0.25, 0.3) is 32.4 Å². The molecule has 3 aliphatic rings. The topological polar surface area (TPSA) is 48.4 Å². The number of pyridine rings is 3. The third kappa shape index (κ3) is 8.83. The van der Waals surface area contributed by atoms with Crippen molar-refractivity contribution in [3.63, 3.8) is 0 Å². The molecular formula is C46H58N6. The van der Waals surface area contributed by atoms with E-state index in [1.165, 1.54) is 158 Å². The molecule has 0 unspecified atom stereocenters. The average Bonchev–Trinajstić information content (AvgIpc) is 3.18. The first kappa shape index (κ1) is 37.1. The first-order chi connectivity index (χ1) is 25.0. The van der Waals surface area contributed by atoms with E-state index in [1.54, 1.807) is 0 Å². The highest BCUT2D eigenvalue weighted by atomic mass is 15.1. The second-order valence-electron chi connectivity index (χ2n) is 14.7. The fourth-order valence-electron chi connectivity index (χ4n) is 8.11. The molecule has 3 fully saturated rings. The summed E-state index contributed by atoms with van der Waals surface area (Å²) in [6, 6.07) is 22.0. The van der Waals surface area contributed by atoms with E-state index in [2.05, 4.69) is 105 Å². The summed E-state index contributed by atoms with van der Waals surface area (Å²) >= 11 is 0. The van der Waals surface area contributed by atoms with Crippen LogP contribution < -0.4 is 14.7 Å². The normalized spacial score (nSPS) is 16.1. The minimum Gasteiger partial charge on any atom is -0.371 e. The number of aryl methyl sites for hydroxylation is 3. The van der Waals surface area contributed by atoms with Crippen molar-refractivity contribution in [2.24, 2.45) is 0 Å². The van der Waals surface area contributed by atoms with Gasteiger partial charge in [-0.2, -0.15) is 0 Å². The molecule has 6 nitrogen and oxygen atoms in total. The molecule has 0 amide bonds. The van der Waals surface area contributed by atoms with Gasteiger partial charge in [-0.25, -0.2) is 0 Å². The Balaban J connectivity index is 0.000000133. The van der Waals surface area contributed by atoms with Gasteiger partial charge in [-0.1, -0.05) is 13.5 Å². The molecular weight excluding hydrogens is 637 g/mol. The van der Waals surface area contributed by atoms with Crippen LogP contribution >= 0.6 is 0 Å². The molecule has 0 N–H and O–H groups in total. The van der Waals surface area contributed by atoms with E-state index >= 15 is 0 Å². The van der Waals surface area contributed by atoms with Gasteiger partial charge in [-0.05, 0) is 161 Å². The molecule has 3 aliphatic heterocycles. The number of rotatable bonds is 3. The van der Waals surface area contributed by atoms with Crippen molar-refractivity contribution in [3.05, 3.63) is 108 Å². The van der Waals surface area contributed by atoms with Crippen molar-refractivity contribution in [2.45, 2.75) is 86.0 Å². The molecule has 6 heteroatoms. The molecule has 3 saturated heterocycles. The summed E-state index contributed by atoms with van der Waals surface area (Å²) in [6.07, 6.45) is 21.6. The maximum Gasteiger partial charge on any atom is 0.0706 e. The number of hydrogen-bond acceptors (Lipinski definition) is 6. The highest BCUT2D eigenvalue weighted by molar-refractivity contribution is 5.88. The SMILES string of the molecule is C.Cc1cc2ccncc2cc1N1CCCCC1.Cc1cc2cnccc2cc1N1CCCCC1.Cc1cc2ncccc2cc1N1CCCCC1. The van der Waals surface area contributed by atoms with Crippen LogP contribution in [0.3, 0.4) is 0 Å².